The van der Waals surface area contributed by atoms with E-state index < -0.39 is 5.97 Å². The molecule has 2 aromatic rings. The standard InChI is InChI=1S/C14H12N4O2/c1-9-16-12(8-15)7-13(17-9)18-11-5-3-4-10(6-11)14(19)20-2/h3-7H,1-2H3,(H,16,17,18). The van der Waals surface area contributed by atoms with Gasteiger partial charge in [-0.1, -0.05) is 6.07 Å². The van der Waals surface area contributed by atoms with Gasteiger partial charge in [0.1, 0.15) is 23.4 Å². The Morgan fingerprint density at radius 2 is 2.15 bits per heavy atom. The van der Waals surface area contributed by atoms with Gasteiger partial charge < -0.3 is 10.1 Å². The van der Waals surface area contributed by atoms with E-state index in [1.54, 1.807) is 31.2 Å². The number of aromatic nitrogens is 2. The van der Waals surface area contributed by atoms with Crippen LogP contribution in [0.25, 0.3) is 0 Å². The molecule has 1 N–H and O–H groups in total. The van der Waals surface area contributed by atoms with Crippen molar-refractivity contribution in [2.45, 2.75) is 6.92 Å². The molecule has 0 saturated carbocycles. The second-order valence-corrected chi connectivity index (χ2v) is 3.99. The van der Waals surface area contributed by atoms with Crippen LogP contribution in [-0.2, 0) is 4.74 Å². The number of hydrogen-bond donors (Lipinski definition) is 1. The maximum absolute atomic E-state index is 11.5. The number of esters is 1. The number of carbonyl (C=O) groups excluding carboxylic acids is 1. The molecule has 1 aromatic carbocycles. The van der Waals surface area contributed by atoms with E-state index in [9.17, 15) is 4.79 Å². The number of nitrogens with one attached hydrogen (secondary N) is 1. The minimum atomic E-state index is -0.412. The number of nitrogens with zero attached hydrogens (tertiary/aromatic N) is 3. The van der Waals surface area contributed by atoms with Crippen LogP contribution in [0, 0.1) is 18.3 Å². The quantitative estimate of drug-likeness (QED) is 0.858. The molecule has 6 heteroatoms. The molecule has 20 heavy (non-hydrogen) atoms. The van der Waals surface area contributed by atoms with Crippen molar-refractivity contribution in [1.29, 1.82) is 5.26 Å². The lowest BCUT2D eigenvalue weighted by Gasteiger charge is -2.07. The van der Waals surface area contributed by atoms with Gasteiger partial charge in [0.25, 0.3) is 0 Å². The van der Waals surface area contributed by atoms with Crippen molar-refractivity contribution >= 4 is 17.5 Å². The minimum absolute atomic E-state index is 0.282. The van der Waals surface area contributed by atoms with Gasteiger partial charge in [0, 0.05) is 11.8 Å². The molecule has 0 radical (unpaired) electrons. The molecule has 0 atom stereocenters. The Hall–Kier alpha value is -2.94. The highest BCUT2D eigenvalue weighted by Crippen LogP contribution is 2.17. The SMILES string of the molecule is COC(=O)c1cccc(Nc2cc(C#N)nc(C)n2)c1. The normalized spacial score (nSPS) is 9.65. The molecular weight excluding hydrogens is 256 g/mol. The van der Waals surface area contributed by atoms with Crippen LogP contribution in [0.2, 0.25) is 0 Å². The monoisotopic (exact) mass is 268 g/mol. The number of benzene rings is 1. The van der Waals surface area contributed by atoms with Gasteiger partial charge in [-0.25, -0.2) is 14.8 Å². The second-order valence-electron chi connectivity index (χ2n) is 3.99. The molecule has 0 aliphatic heterocycles. The molecule has 2 rings (SSSR count). The maximum Gasteiger partial charge on any atom is 0.337 e. The largest absolute Gasteiger partial charge is 0.465 e. The van der Waals surface area contributed by atoms with Crippen LogP contribution in [0.4, 0.5) is 11.5 Å². The Kier molecular flexibility index (Phi) is 3.91. The molecule has 0 fully saturated rings. The number of hydrogen-bond acceptors (Lipinski definition) is 6. The Labute approximate surface area is 116 Å². The van der Waals surface area contributed by atoms with Crippen molar-refractivity contribution in [3.8, 4) is 6.07 Å². The predicted octanol–water partition coefficient (Wildman–Crippen LogP) is 2.19. The van der Waals surface area contributed by atoms with Gasteiger partial charge in [0.05, 0.1) is 12.7 Å². The van der Waals surface area contributed by atoms with Crippen LogP contribution in [0.3, 0.4) is 0 Å². The van der Waals surface area contributed by atoms with Crippen LogP contribution in [0.5, 0.6) is 0 Å². The summed E-state index contributed by atoms with van der Waals surface area (Å²) in [5, 5.41) is 11.9. The van der Waals surface area contributed by atoms with E-state index in [-0.39, 0.29) is 5.69 Å². The molecule has 0 spiro atoms. The van der Waals surface area contributed by atoms with Crippen LogP contribution in [0.15, 0.2) is 30.3 Å². The summed E-state index contributed by atoms with van der Waals surface area (Å²) in [6.45, 7) is 1.71. The summed E-state index contributed by atoms with van der Waals surface area (Å²) >= 11 is 0. The van der Waals surface area contributed by atoms with E-state index >= 15 is 0 Å². The van der Waals surface area contributed by atoms with Crippen molar-refractivity contribution in [2.24, 2.45) is 0 Å². The average molecular weight is 268 g/mol. The highest BCUT2D eigenvalue weighted by Gasteiger charge is 2.07. The van der Waals surface area contributed by atoms with Gasteiger partial charge in [0.2, 0.25) is 0 Å². The first-order valence-electron chi connectivity index (χ1n) is 5.83. The third kappa shape index (κ3) is 3.09. The smallest absolute Gasteiger partial charge is 0.337 e. The van der Waals surface area contributed by atoms with Crippen molar-refractivity contribution in [3.05, 3.63) is 47.4 Å². The van der Waals surface area contributed by atoms with Gasteiger partial charge in [-0.2, -0.15) is 5.26 Å². The second kappa shape index (κ2) is 5.80. The van der Waals surface area contributed by atoms with Gasteiger partial charge in [0.15, 0.2) is 0 Å². The first kappa shape index (κ1) is 13.5. The molecule has 0 unspecified atom stereocenters. The maximum atomic E-state index is 11.5. The first-order chi connectivity index (χ1) is 9.62. The van der Waals surface area contributed by atoms with Crippen molar-refractivity contribution in [1.82, 2.24) is 9.97 Å². The summed E-state index contributed by atoms with van der Waals surface area (Å²) in [6, 6.07) is 10.3. The lowest BCUT2D eigenvalue weighted by Crippen LogP contribution is -2.03. The van der Waals surface area contributed by atoms with Crippen molar-refractivity contribution in [3.63, 3.8) is 0 Å². The fourth-order valence-corrected chi connectivity index (χ4v) is 1.68. The van der Waals surface area contributed by atoms with E-state index in [0.29, 0.717) is 22.9 Å². The van der Waals surface area contributed by atoms with Crippen molar-refractivity contribution in [2.75, 3.05) is 12.4 Å². The predicted molar refractivity (Wildman–Crippen MR) is 72.5 cm³/mol. The molecule has 0 bridgehead atoms. The molecule has 1 heterocycles. The molecule has 100 valence electrons. The summed E-state index contributed by atoms with van der Waals surface area (Å²) < 4.78 is 4.66. The molecule has 0 saturated heterocycles. The fraction of sp³-hybridized carbons (Fsp3) is 0.143. The zero-order valence-corrected chi connectivity index (χ0v) is 11.0. The Morgan fingerprint density at radius 3 is 2.85 bits per heavy atom. The van der Waals surface area contributed by atoms with Gasteiger partial charge in [-0.05, 0) is 25.1 Å². The van der Waals surface area contributed by atoms with Gasteiger partial charge in [-0.3, -0.25) is 0 Å². The zero-order chi connectivity index (χ0) is 14.5. The average Bonchev–Trinajstić information content (AvgIpc) is 2.46. The number of anilines is 2. The molecule has 6 nitrogen and oxygen atoms in total. The first-order valence-corrected chi connectivity index (χ1v) is 5.83. The Balaban J connectivity index is 2.28. The summed E-state index contributed by atoms with van der Waals surface area (Å²) in [5.74, 6) is 0.581. The molecule has 0 aliphatic rings. The molecular formula is C14H12N4O2. The fourth-order valence-electron chi connectivity index (χ4n) is 1.68. The number of methoxy groups -OCH3 is 1. The topological polar surface area (TPSA) is 87.9 Å². The number of rotatable bonds is 3. The van der Waals surface area contributed by atoms with Crippen molar-refractivity contribution < 1.29 is 9.53 Å². The summed E-state index contributed by atoms with van der Waals surface area (Å²) in [6.07, 6.45) is 0. The van der Waals surface area contributed by atoms with Gasteiger partial charge in [-0.15, -0.1) is 0 Å². The number of carbonyl (C=O) groups is 1. The van der Waals surface area contributed by atoms with Crippen LogP contribution in [-0.4, -0.2) is 23.0 Å². The summed E-state index contributed by atoms with van der Waals surface area (Å²) in [7, 11) is 1.33. The van der Waals surface area contributed by atoms with Crippen LogP contribution in [0.1, 0.15) is 21.9 Å². The molecule has 0 amide bonds. The van der Waals surface area contributed by atoms with E-state index in [1.807, 2.05) is 6.07 Å². The lowest BCUT2D eigenvalue weighted by molar-refractivity contribution is 0.0601. The number of ether oxygens (including phenoxy) is 1. The Bertz CT molecular complexity index is 692. The minimum Gasteiger partial charge on any atom is -0.465 e. The van der Waals surface area contributed by atoms with E-state index in [2.05, 4.69) is 20.0 Å². The third-order valence-corrected chi connectivity index (χ3v) is 2.51. The third-order valence-electron chi connectivity index (χ3n) is 2.51. The Morgan fingerprint density at radius 1 is 1.35 bits per heavy atom. The van der Waals surface area contributed by atoms with E-state index in [0.717, 1.165) is 0 Å². The highest BCUT2D eigenvalue weighted by molar-refractivity contribution is 5.90. The molecule has 1 aromatic heterocycles. The molecule has 0 aliphatic carbocycles. The highest BCUT2D eigenvalue weighted by atomic mass is 16.5. The van der Waals surface area contributed by atoms with Gasteiger partial charge >= 0.3 is 5.97 Å². The van der Waals surface area contributed by atoms with E-state index in [4.69, 9.17) is 5.26 Å². The van der Waals surface area contributed by atoms with Crippen LogP contribution < -0.4 is 5.32 Å². The lowest BCUT2D eigenvalue weighted by atomic mass is 10.2. The van der Waals surface area contributed by atoms with E-state index in [1.165, 1.54) is 13.2 Å². The number of nitriles is 1. The summed E-state index contributed by atoms with van der Waals surface area (Å²) in [5.41, 5.74) is 1.39. The number of aryl methyl sites for hydroxylation is 1. The zero-order valence-electron chi connectivity index (χ0n) is 11.0. The van der Waals surface area contributed by atoms with Crippen LogP contribution >= 0.6 is 0 Å². The summed E-state index contributed by atoms with van der Waals surface area (Å²) in [4.78, 5) is 19.6.